The topological polar surface area (TPSA) is 99.5 Å². The SMILES string of the molecule is NS(=O)(=O)c1ccc(CNC2NCNC(N3CCC[C@@H]3c3ccc(C(F)(F)F)cc3)C2F)cc1. The van der Waals surface area contributed by atoms with Gasteiger partial charge >= 0.3 is 6.18 Å². The Morgan fingerprint density at radius 2 is 1.74 bits per heavy atom. The third-order valence-corrected chi connectivity index (χ3v) is 7.23. The average molecular weight is 502 g/mol. The van der Waals surface area contributed by atoms with Gasteiger partial charge in [0.05, 0.1) is 22.8 Å². The first kappa shape index (κ1) is 25.0. The molecule has 0 aromatic heterocycles. The third kappa shape index (κ3) is 5.58. The summed E-state index contributed by atoms with van der Waals surface area (Å²) < 4.78 is 77.0. The molecule has 0 radical (unpaired) electrons. The van der Waals surface area contributed by atoms with E-state index >= 15 is 4.39 Å². The van der Waals surface area contributed by atoms with Gasteiger partial charge in [0.2, 0.25) is 10.0 Å². The first-order valence-electron chi connectivity index (χ1n) is 10.9. The summed E-state index contributed by atoms with van der Waals surface area (Å²) in [7, 11) is -3.78. The Bertz CT molecular complexity index is 1080. The second kappa shape index (κ2) is 9.88. The van der Waals surface area contributed by atoms with Crippen LogP contribution in [-0.4, -0.2) is 45.0 Å². The van der Waals surface area contributed by atoms with Crippen LogP contribution in [0, 0.1) is 0 Å². The maximum atomic E-state index is 15.5. The predicted molar refractivity (Wildman–Crippen MR) is 118 cm³/mol. The molecular weight excluding hydrogens is 474 g/mol. The fourth-order valence-corrected chi connectivity index (χ4v) is 5.08. The van der Waals surface area contributed by atoms with Gasteiger partial charge in [0.1, 0.15) is 0 Å². The van der Waals surface area contributed by atoms with Crippen LogP contribution in [0.1, 0.15) is 35.6 Å². The minimum atomic E-state index is -4.40. The number of alkyl halides is 4. The van der Waals surface area contributed by atoms with Gasteiger partial charge in [-0.05, 0) is 48.2 Å². The summed E-state index contributed by atoms with van der Waals surface area (Å²) in [6, 6.07) is 10.9. The van der Waals surface area contributed by atoms with Gasteiger partial charge in [-0.15, -0.1) is 0 Å². The van der Waals surface area contributed by atoms with Gasteiger partial charge < -0.3 is 0 Å². The number of hydrogen-bond donors (Lipinski definition) is 4. The van der Waals surface area contributed by atoms with E-state index < -0.39 is 40.3 Å². The Hall–Kier alpha value is -2.09. The van der Waals surface area contributed by atoms with Gasteiger partial charge in [-0.25, -0.2) is 17.9 Å². The van der Waals surface area contributed by atoms with Crippen molar-refractivity contribution in [1.29, 1.82) is 0 Å². The largest absolute Gasteiger partial charge is 0.416 e. The summed E-state index contributed by atoms with van der Waals surface area (Å²) in [4.78, 5) is 1.98. The highest BCUT2D eigenvalue weighted by Crippen LogP contribution is 2.36. The molecule has 0 saturated carbocycles. The Balaban J connectivity index is 1.41. The van der Waals surface area contributed by atoms with Crippen molar-refractivity contribution in [2.24, 2.45) is 5.14 Å². The van der Waals surface area contributed by atoms with E-state index in [9.17, 15) is 21.6 Å². The van der Waals surface area contributed by atoms with Crippen molar-refractivity contribution in [3.05, 3.63) is 65.2 Å². The molecule has 0 amide bonds. The van der Waals surface area contributed by atoms with E-state index in [1.54, 1.807) is 12.1 Å². The Morgan fingerprint density at radius 1 is 1.06 bits per heavy atom. The standard InChI is InChI=1S/C22H27F4N5O2S/c23-19-20(28-12-14-3-9-17(10-4-14)34(27,32)33)29-13-30-21(19)31-11-1-2-18(31)15-5-7-16(8-6-15)22(24,25)26/h3-10,18-21,28-30H,1-2,11-13H2,(H2,27,32,33)/t18-,19?,20?,21?/m1/s1. The average Bonchev–Trinajstić information content (AvgIpc) is 3.27. The first-order valence-corrected chi connectivity index (χ1v) is 12.5. The lowest BCUT2D eigenvalue weighted by molar-refractivity contribution is -0.137. The number of hydrogen-bond acceptors (Lipinski definition) is 6. The number of likely N-dealkylation sites (tertiary alicyclic amines) is 1. The molecule has 2 aliphatic rings. The second-order valence-corrected chi connectivity index (χ2v) is 10.1. The molecule has 2 aromatic carbocycles. The molecule has 2 saturated heterocycles. The summed E-state index contributed by atoms with van der Waals surface area (Å²) in [5.41, 5.74) is 0.795. The Kier molecular flexibility index (Phi) is 7.27. The molecule has 0 aliphatic carbocycles. The smallest absolute Gasteiger partial charge is 0.295 e. The van der Waals surface area contributed by atoms with Gasteiger partial charge in [-0.3, -0.25) is 20.9 Å². The number of benzene rings is 2. The quantitative estimate of drug-likeness (QED) is 0.454. The zero-order valence-corrected chi connectivity index (χ0v) is 19.0. The van der Waals surface area contributed by atoms with Crippen molar-refractivity contribution in [2.75, 3.05) is 13.2 Å². The first-order chi connectivity index (χ1) is 16.0. The second-order valence-electron chi connectivity index (χ2n) is 8.54. The van der Waals surface area contributed by atoms with Crippen LogP contribution >= 0.6 is 0 Å². The molecule has 186 valence electrons. The third-order valence-electron chi connectivity index (χ3n) is 6.31. The molecular formula is C22H27F4N5O2S. The van der Waals surface area contributed by atoms with E-state index in [1.807, 2.05) is 4.90 Å². The van der Waals surface area contributed by atoms with Crippen LogP contribution < -0.4 is 21.1 Å². The molecule has 0 bridgehead atoms. The van der Waals surface area contributed by atoms with Crippen molar-refractivity contribution in [2.45, 2.75) is 55.0 Å². The predicted octanol–water partition coefficient (Wildman–Crippen LogP) is 2.42. The summed E-state index contributed by atoms with van der Waals surface area (Å²) in [5.74, 6) is 0. The highest BCUT2D eigenvalue weighted by molar-refractivity contribution is 7.89. The normalized spacial score (nSPS) is 26.6. The minimum Gasteiger partial charge on any atom is -0.295 e. The fourth-order valence-electron chi connectivity index (χ4n) is 4.56. The monoisotopic (exact) mass is 501 g/mol. The maximum Gasteiger partial charge on any atom is 0.416 e. The van der Waals surface area contributed by atoms with Crippen molar-refractivity contribution < 1.29 is 26.0 Å². The van der Waals surface area contributed by atoms with Crippen LogP contribution in [0.5, 0.6) is 0 Å². The van der Waals surface area contributed by atoms with Crippen molar-refractivity contribution >= 4 is 10.0 Å². The zero-order chi connectivity index (χ0) is 24.5. The van der Waals surface area contributed by atoms with Crippen LogP contribution in [0.3, 0.4) is 0 Å². The number of primary sulfonamides is 1. The van der Waals surface area contributed by atoms with Gasteiger partial charge in [-0.2, -0.15) is 13.2 Å². The number of nitrogens with two attached hydrogens (primary N) is 1. The van der Waals surface area contributed by atoms with Crippen LogP contribution in [0.15, 0.2) is 53.4 Å². The number of nitrogens with one attached hydrogen (secondary N) is 3. The molecule has 2 heterocycles. The zero-order valence-electron chi connectivity index (χ0n) is 18.2. The van der Waals surface area contributed by atoms with Crippen LogP contribution in [-0.2, 0) is 22.7 Å². The summed E-state index contributed by atoms with van der Waals surface area (Å²) in [6.45, 7) is 1.28. The van der Waals surface area contributed by atoms with Gasteiger partial charge in [0, 0.05) is 25.8 Å². The molecule has 12 heteroatoms. The molecule has 4 rings (SSSR count). The van der Waals surface area contributed by atoms with Gasteiger partial charge in [0.15, 0.2) is 6.17 Å². The Labute approximate surface area is 195 Å². The maximum absolute atomic E-state index is 15.5. The van der Waals surface area contributed by atoms with Crippen LogP contribution in [0.2, 0.25) is 0 Å². The highest BCUT2D eigenvalue weighted by Gasteiger charge is 2.41. The minimum absolute atomic E-state index is 0.00279. The summed E-state index contributed by atoms with van der Waals surface area (Å²) >= 11 is 0. The van der Waals surface area contributed by atoms with Crippen LogP contribution in [0.4, 0.5) is 17.6 Å². The van der Waals surface area contributed by atoms with Crippen molar-refractivity contribution in [1.82, 2.24) is 20.9 Å². The molecule has 5 N–H and O–H groups in total. The summed E-state index contributed by atoms with van der Waals surface area (Å²) in [5, 5.41) is 14.4. The summed E-state index contributed by atoms with van der Waals surface area (Å²) in [6.07, 6.45) is -5.47. The molecule has 7 nitrogen and oxygen atoms in total. The molecule has 0 spiro atoms. The van der Waals surface area contributed by atoms with E-state index in [0.29, 0.717) is 19.8 Å². The van der Waals surface area contributed by atoms with E-state index in [1.165, 1.54) is 24.3 Å². The van der Waals surface area contributed by atoms with E-state index in [-0.39, 0.29) is 10.9 Å². The number of nitrogens with zero attached hydrogens (tertiary/aromatic N) is 1. The molecule has 2 aliphatic heterocycles. The number of sulfonamides is 1. The van der Waals surface area contributed by atoms with E-state index in [2.05, 4.69) is 16.0 Å². The molecule has 2 aromatic rings. The van der Waals surface area contributed by atoms with Gasteiger partial charge in [-0.1, -0.05) is 24.3 Å². The lowest BCUT2D eigenvalue weighted by atomic mass is 10.0. The van der Waals surface area contributed by atoms with Gasteiger partial charge in [0.25, 0.3) is 0 Å². The van der Waals surface area contributed by atoms with E-state index in [0.717, 1.165) is 36.1 Å². The molecule has 3 unspecified atom stereocenters. The van der Waals surface area contributed by atoms with Crippen LogP contribution in [0.25, 0.3) is 0 Å². The fraction of sp³-hybridized carbons (Fsp3) is 0.455. The Morgan fingerprint density at radius 3 is 2.35 bits per heavy atom. The van der Waals surface area contributed by atoms with E-state index in [4.69, 9.17) is 5.14 Å². The molecule has 4 atom stereocenters. The molecule has 34 heavy (non-hydrogen) atoms. The van der Waals surface area contributed by atoms with Crippen molar-refractivity contribution in [3.8, 4) is 0 Å². The lowest BCUT2D eigenvalue weighted by Crippen LogP contribution is -2.68. The number of halogens is 4. The molecule has 2 fully saturated rings. The highest BCUT2D eigenvalue weighted by atomic mass is 32.2. The van der Waals surface area contributed by atoms with Crippen molar-refractivity contribution in [3.63, 3.8) is 0 Å². The number of rotatable bonds is 6. The lowest BCUT2D eigenvalue weighted by Gasteiger charge is -2.42.